The summed E-state index contributed by atoms with van der Waals surface area (Å²) in [6.07, 6.45) is 4.10. The number of aromatic nitrogens is 3. The highest BCUT2D eigenvalue weighted by Crippen LogP contribution is 2.55. The van der Waals surface area contributed by atoms with Crippen molar-refractivity contribution in [1.29, 1.82) is 0 Å². The molecule has 3 aromatic rings. The van der Waals surface area contributed by atoms with Gasteiger partial charge in [-0.3, -0.25) is 0 Å². The Kier molecular flexibility index (Phi) is 5.32. The molecule has 2 heterocycles. The second-order valence-corrected chi connectivity index (χ2v) is 11.8. The fourth-order valence-corrected chi connectivity index (χ4v) is 7.10. The number of aryl methyl sites for hydroxylation is 1. The second kappa shape index (κ2) is 8.07. The molecular formula is C22H24N6O3S2. The highest BCUT2D eigenvalue weighted by atomic mass is 32.2. The minimum Gasteiger partial charge on any atom is -0.384 e. The van der Waals surface area contributed by atoms with Gasteiger partial charge in [0, 0.05) is 34.4 Å². The van der Waals surface area contributed by atoms with Crippen molar-refractivity contribution < 1.29 is 13.2 Å². The van der Waals surface area contributed by atoms with Gasteiger partial charge in [-0.25, -0.2) is 28.2 Å². The first-order chi connectivity index (χ1) is 15.8. The van der Waals surface area contributed by atoms with Crippen LogP contribution in [-0.4, -0.2) is 35.4 Å². The molecule has 11 heteroatoms. The highest BCUT2D eigenvalue weighted by molar-refractivity contribution is 7.94. The van der Waals surface area contributed by atoms with Crippen LogP contribution in [0, 0.1) is 6.92 Å². The zero-order valence-corrected chi connectivity index (χ0v) is 19.7. The minimum atomic E-state index is -3.70. The molecule has 0 saturated heterocycles. The summed E-state index contributed by atoms with van der Waals surface area (Å²) in [5, 5.41) is 7.47. The van der Waals surface area contributed by atoms with Crippen LogP contribution in [0.1, 0.15) is 43.5 Å². The second-order valence-electron chi connectivity index (χ2n) is 8.56. The summed E-state index contributed by atoms with van der Waals surface area (Å²) in [7, 11) is -3.70. The number of hydrogen-bond acceptors (Lipinski definition) is 8. The van der Waals surface area contributed by atoms with Gasteiger partial charge in [-0.1, -0.05) is 0 Å². The summed E-state index contributed by atoms with van der Waals surface area (Å²) >= 11 is 1.12. The average molecular weight is 485 g/mol. The summed E-state index contributed by atoms with van der Waals surface area (Å²) in [6, 6.07) is 8.62. The maximum absolute atomic E-state index is 13.3. The van der Waals surface area contributed by atoms with Crippen molar-refractivity contribution in [3.8, 4) is 11.4 Å². The van der Waals surface area contributed by atoms with E-state index in [1.54, 1.807) is 36.6 Å². The van der Waals surface area contributed by atoms with Crippen LogP contribution in [0.2, 0.25) is 0 Å². The molecule has 33 heavy (non-hydrogen) atoms. The van der Waals surface area contributed by atoms with Crippen LogP contribution >= 0.6 is 11.3 Å². The zero-order valence-electron chi connectivity index (χ0n) is 18.0. The van der Waals surface area contributed by atoms with Gasteiger partial charge in [-0.05, 0) is 63.3 Å². The molecule has 2 aromatic heterocycles. The molecule has 0 radical (unpaired) electrons. The number of nitrogens with two attached hydrogens (primary N) is 1. The normalized spacial score (nSPS) is 17.2. The Hall–Kier alpha value is -3.05. The van der Waals surface area contributed by atoms with Crippen molar-refractivity contribution >= 4 is 38.7 Å². The van der Waals surface area contributed by atoms with E-state index in [1.807, 2.05) is 0 Å². The van der Waals surface area contributed by atoms with Crippen LogP contribution in [0.25, 0.3) is 11.4 Å². The van der Waals surface area contributed by atoms with Gasteiger partial charge in [0.2, 0.25) is 14.2 Å². The Morgan fingerprint density at radius 2 is 1.88 bits per heavy atom. The molecule has 2 aliphatic rings. The van der Waals surface area contributed by atoms with Gasteiger partial charge in [0.05, 0.1) is 5.69 Å². The highest BCUT2D eigenvalue weighted by Gasteiger charge is 2.59. The number of rotatable bonds is 6. The van der Waals surface area contributed by atoms with E-state index in [1.165, 1.54) is 6.07 Å². The number of nitrogen functional groups attached to an aromatic ring is 1. The van der Waals surface area contributed by atoms with E-state index in [2.05, 4.69) is 25.6 Å². The molecule has 2 fully saturated rings. The van der Waals surface area contributed by atoms with Gasteiger partial charge in [0.1, 0.15) is 10.6 Å². The lowest BCUT2D eigenvalue weighted by atomic mass is 9.93. The number of hydrogen-bond donors (Lipinski definition) is 3. The number of benzene rings is 1. The molecular weight excluding hydrogens is 460 g/mol. The van der Waals surface area contributed by atoms with Crippen molar-refractivity contribution in [3.63, 3.8) is 0 Å². The van der Waals surface area contributed by atoms with Crippen molar-refractivity contribution in [2.45, 2.75) is 54.2 Å². The summed E-state index contributed by atoms with van der Waals surface area (Å²) in [5.41, 5.74) is 8.42. The largest absolute Gasteiger partial charge is 0.384 e. The predicted molar refractivity (Wildman–Crippen MR) is 127 cm³/mol. The molecule has 0 bridgehead atoms. The number of carbonyl (C=O) groups is 1. The fraction of sp³-hybridized carbons (Fsp3) is 0.364. The molecule has 172 valence electrons. The van der Waals surface area contributed by atoms with E-state index >= 15 is 0 Å². The fourth-order valence-electron chi connectivity index (χ4n) is 3.84. The number of nitrogens with zero attached hydrogens (tertiary/aromatic N) is 3. The first-order valence-electron chi connectivity index (χ1n) is 10.8. The van der Waals surface area contributed by atoms with Crippen LogP contribution in [0.5, 0.6) is 0 Å². The van der Waals surface area contributed by atoms with Crippen molar-refractivity contribution in [3.05, 3.63) is 47.1 Å². The lowest BCUT2D eigenvalue weighted by Crippen LogP contribution is -2.41. The summed E-state index contributed by atoms with van der Waals surface area (Å²) in [6.45, 7) is 1.77. The maximum Gasteiger partial charge on any atom is 0.319 e. The standard InChI is InChI=1S/C22H24N6O3S2/c1-13-12-32-21(24-13)33(30,31)22(9-10-22)17-11-18(23)28-19(27-17)14-5-7-16(8-6-14)26-20(29)25-15-3-2-4-15/h5-8,11-12,15H,2-4,9-10H2,1H3,(H2,23,27,28)(H2,25,26,29). The van der Waals surface area contributed by atoms with Crippen LogP contribution < -0.4 is 16.4 Å². The first kappa shape index (κ1) is 21.8. The molecule has 4 N–H and O–H groups in total. The lowest BCUT2D eigenvalue weighted by molar-refractivity contribution is 0.240. The number of nitrogens with one attached hydrogen (secondary N) is 2. The van der Waals surface area contributed by atoms with E-state index in [0.717, 1.165) is 30.6 Å². The van der Waals surface area contributed by atoms with Gasteiger partial charge in [-0.15, -0.1) is 11.3 Å². The Bertz CT molecular complexity index is 1310. The van der Waals surface area contributed by atoms with E-state index in [9.17, 15) is 13.2 Å². The third-order valence-corrected chi connectivity index (χ3v) is 10.00. The van der Waals surface area contributed by atoms with E-state index in [0.29, 0.717) is 41.3 Å². The number of urea groups is 1. The average Bonchev–Trinajstić information content (AvgIpc) is 3.46. The molecule has 0 spiro atoms. The quantitative estimate of drug-likeness (QED) is 0.485. The van der Waals surface area contributed by atoms with Gasteiger partial charge < -0.3 is 16.4 Å². The summed E-state index contributed by atoms with van der Waals surface area (Å²) in [5.74, 6) is 0.543. The Morgan fingerprint density at radius 1 is 1.15 bits per heavy atom. The number of sulfone groups is 1. The molecule has 2 aliphatic carbocycles. The van der Waals surface area contributed by atoms with Gasteiger partial charge in [-0.2, -0.15) is 0 Å². The van der Waals surface area contributed by atoms with E-state index in [4.69, 9.17) is 5.73 Å². The van der Waals surface area contributed by atoms with Crippen LogP contribution in [0.4, 0.5) is 16.3 Å². The number of carbonyl (C=O) groups excluding carboxylic acids is 1. The zero-order chi connectivity index (χ0) is 23.2. The smallest absolute Gasteiger partial charge is 0.319 e. The van der Waals surface area contributed by atoms with Crippen LogP contribution in [-0.2, 0) is 14.6 Å². The number of thiazole rings is 1. The third-order valence-electron chi connectivity index (χ3n) is 6.10. The SMILES string of the molecule is Cc1csc(S(=O)(=O)C2(c3cc(N)nc(-c4ccc(NC(=O)NC5CCC5)cc4)n3)CC2)n1. The van der Waals surface area contributed by atoms with Gasteiger partial charge in [0.25, 0.3) is 0 Å². The summed E-state index contributed by atoms with van der Waals surface area (Å²) < 4.78 is 25.7. The van der Waals surface area contributed by atoms with Gasteiger partial charge >= 0.3 is 6.03 Å². The molecule has 0 atom stereocenters. The van der Waals surface area contributed by atoms with Crippen LogP contribution in [0.15, 0.2) is 40.1 Å². The molecule has 2 saturated carbocycles. The number of amides is 2. The third kappa shape index (κ3) is 4.06. The number of anilines is 2. The first-order valence-corrected chi connectivity index (χ1v) is 13.1. The minimum absolute atomic E-state index is 0.104. The maximum atomic E-state index is 13.3. The molecule has 2 amide bonds. The molecule has 1 aromatic carbocycles. The van der Waals surface area contributed by atoms with Crippen molar-refractivity contribution in [1.82, 2.24) is 20.3 Å². The van der Waals surface area contributed by atoms with Crippen LogP contribution in [0.3, 0.4) is 0 Å². The Morgan fingerprint density at radius 3 is 2.45 bits per heavy atom. The van der Waals surface area contributed by atoms with Gasteiger partial charge in [0.15, 0.2) is 5.82 Å². The molecule has 0 aliphatic heterocycles. The van der Waals surface area contributed by atoms with Crippen molar-refractivity contribution in [2.75, 3.05) is 11.1 Å². The topological polar surface area (TPSA) is 140 Å². The Labute approximate surface area is 195 Å². The van der Waals surface area contributed by atoms with E-state index < -0.39 is 14.6 Å². The van der Waals surface area contributed by atoms with Crippen molar-refractivity contribution in [2.24, 2.45) is 0 Å². The molecule has 0 unspecified atom stereocenters. The predicted octanol–water partition coefficient (Wildman–Crippen LogP) is 3.63. The Balaban J connectivity index is 1.39. The van der Waals surface area contributed by atoms with E-state index in [-0.39, 0.29) is 22.2 Å². The molecule has 5 rings (SSSR count). The molecule has 9 nitrogen and oxygen atoms in total. The summed E-state index contributed by atoms with van der Waals surface area (Å²) in [4.78, 5) is 25.2. The monoisotopic (exact) mass is 484 g/mol. The lowest BCUT2D eigenvalue weighted by Gasteiger charge is -2.26.